The summed E-state index contributed by atoms with van der Waals surface area (Å²) in [7, 11) is 0. The zero-order chi connectivity index (χ0) is 13.4. The number of piperidine rings is 1. The number of nitrogens with two attached hydrogens (primary N) is 2. The molecule has 2 fully saturated rings. The average molecular weight is 281 g/mol. The van der Waals surface area contributed by atoms with Crippen LogP contribution >= 0.6 is 11.3 Å². The summed E-state index contributed by atoms with van der Waals surface area (Å²) in [5, 5.41) is 3.79. The Balaban J connectivity index is 1.71. The number of nitrogens with zero attached hydrogens (tertiary/aromatic N) is 2. The molecule has 1 amide bonds. The number of anilines is 2. The van der Waals surface area contributed by atoms with Crippen LogP contribution in [0.3, 0.4) is 0 Å². The van der Waals surface area contributed by atoms with Gasteiger partial charge in [0.25, 0.3) is 5.91 Å². The predicted octanol–water partition coefficient (Wildman–Crippen LogP) is 0.545. The third-order valence-electron chi connectivity index (χ3n) is 3.57. The van der Waals surface area contributed by atoms with Gasteiger partial charge in [0.05, 0.1) is 0 Å². The third kappa shape index (κ3) is 2.82. The van der Waals surface area contributed by atoms with Gasteiger partial charge in [-0.2, -0.15) is 0 Å². The van der Waals surface area contributed by atoms with Crippen molar-refractivity contribution in [2.45, 2.75) is 37.8 Å². The lowest BCUT2D eigenvalue weighted by molar-refractivity contribution is 0.0956. The maximum Gasteiger partial charge on any atom is 0.265 e. The Labute approximate surface area is 116 Å². The van der Waals surface area contributed by atoms with Crippen LogP contribution in [0.15, 0.2) is 0 Å². The number of hydrogen-bond acceptors (Lipinski definition) is 6. The van der Waals surface area contributed by atoms with E-state index in [1.807, 2.05) is 0 Å². The molecule has 3 rings (SSSR count). The predicted molar refractivity (Wildman–Crippen MR) is 76.4 cm³/mol. The Morgan fingerprint density at radius 2 is 2.00 bits per heavy atom. The molecule has 0 radical (unpaired) electrons. The lowest BCUT2D eigenvalue weighted by Crippen LogP contribution is -2.39. The molecule has 1 saturated carbocycles. The molecule has 0 aromatic carbocycles. The molecule has 104 valence electrons. The summed E-state index contributed by atoms with van der Waals surface area (Å²) in [5.41, 5.74) is 11.7. The molecule has 0 bridgehead atoms. The number of hydrogen-bond donors (Lipinski definition) is 3. The maximum atomic E-state index is 12.0. The van der Waals surface area contributed by atoms with Crippen molar-refractivity contribution in [1.82, 2.24) is 10.3 Å². The van der Waals surface area contributed by atoms with Crippen LogP contribution < -0.4 is 21.7 Å². The van der Waals surface area contributed by atoms with Gasteiger partial charge in [0.1, 0.15) is 10.7 Å². The number of nitrogen functional groups attached to an aromatic ring is 1. The molecule has 1 aliphatic heterocycles. The molecule has 2 heterocycles. The Morgan fingerprint density at radius 1 is 1.32 bits per heavy atom. The number of thiazole rings is 1. The maximum absolute atomic E-state index is 12.0. The van der Waals surface area contributed by atoms with Gasteiger partial charge in [0.2, 0.25) is 0 Å². The van der Waals surface area contributed by atoms with Gasteiger partial charge in [0, 0.05) is 25.2 Å². The SMILES string of the molecule is Nc1nc(N2CCC(N)CC2)sc1C(=O)NC1CC1. The summed E-state index contributed by atoms with van der Waals surface area (Å²) < 4.78 is 0. The number of carbonyl (C=O) groups excluding carboxylic acids is 1. The third-order valence-corrected chi connectivity index (χ3v) is 4.70. The highest BCUT2D eigenvalue weighted by molar-refractivity contribution is 7.18. The van der Waals surface area contributed by atoms with E-state index in [1.165, 1.54) is 11.3 Å². The zero-order valence-electron chi connectivity index (χ0n) is 10.8. The first-order valence-electron chi connectivity index (χ1n) is 6.71. The van der Waals surface area contributed by atoms with Gasteiger partial charge >= 0.3 is 0 Å². The van der Waals surface area contributed by atoms with Gasteiger partial charge in [-0.15, -0.1) is 0 Å². The second kappa shape index (κ2) is 4.97. The fourth-order valence-corrected chi connectivity index (χ4v) is 3.13. The molecule has 7 heteroatoms. The summed E-state index contributed by atoms with van der Waals surface area (Å²) in [6, 6.07) is 0.622. The van der Waals surface area contributed by atoms with E-state index in [0.29, 0.717) is 16.7 Å². The Bertz CT molecular complexity index is 476. The lowest BCUT2D eigenvalue weighted by atomic mass is 10.1. The Morgan fingerprint density at radius 3 is 2.63 bits per heavy atom. The molecule has 1 aromatic heterocycles. The zero-order valence-corrected chi connectivity index (χ0v) is 11.6. The van der Waals surface area contributed by atoms with Crippen molar-refractivity contribution < 1.29 is 4.79 Å². The number of amides is 1. The number of rotatable bonds is 3. The van der Waals surface area contributed by atoms with E-state index in [4.69, 9.17) is 11.5 Å². The molecule has 0 unspecified atom stereocenters. The van der Waals surface area contributed by atoms with E-state index >= 15 is 0 Å². The first-order valence-corrected chi connectivity index (χ1v) is 7.53. The van der Waals surface area contributed by atoms with Gasteiger partial charge in [-0.05, 0) is 25.7 Å². The largest absolute Gasteiger partial charge is 0.382 e. The summed E-state index contributed by atoms with van der Waals surface area (Å²) in [6.07, 6.45) is 4.06. The molecule has 5 N–H and O–H groups in total. The van der Waals surface area contributed by atoms with Crippen molar-refractivity contribution in [3.63, 3.8) is 0 Å². The standard InChI is InChI=1S/C12H19N5OS/c13-7-3-5-17(6-4-7)12-16-10(14)9(19-12)11(18)15-8-1-2-8/h7-8H,1-6,13-14H2,(H,15,18). The fourth-order valence-electron chi connectivity index (χ4n) is 2.19. The molecular weight excluding hydrogens is 262 g/mol. The summed E-state index contributed by atoms with van der Waals surface area (Å²) in [5.74, 6) is 0.255. The van der Waals surface area contributed by atoms with E-state index in [-0.39, 0.29) is 11.9 Å². The van der Waals surface area contributed by atoms with Crippen LogP contribution in [0.25, 0.3) is 0 Å². The van der Waals surface area contributed by atoms with Gasteiger partial charge in [0.15, 0.2) is 5.13 Å². The molecule has 1 aliphatic carbocycles. The van der Waals surface area contributed by atoms with Crippen molar-refractivity contribution in [2.24, 2.45) is 5.73 Å². The number of carbonyl (C=O) groups is 1. The van der Waals surface area contributed by atoms with Gasteiger partial charge in [-0.3, -0.25) is 4.79 Å². The monoisotopic (exact) mass is 281 g/mol. The molecule has 2 aliphatic rings. The van der Waals surface area contributed by atoms with E-state index in [9.17, 15) is 4.79 Å². The van der Waals surface area contributed by atoms with E-state index in [2.05, 4.69) is 15.2 Å². The van der Waals surface area contributed by atoms with Crippen LogP contribution in [0, 0.1) is 0 Å². The molecule has 1 saturated heterocycles. The summed E-state index contributed by atoms with van der Waals surface area (Å²) in [6.45, 7) is 1.77. The molecule has 0 atom stereocenters. The molecular formula is C12H19N5OS. The van der Waals surface area contributed by atoms with E-state index < -0.39 is 0 Å². The lowest BCUT2D eigenvalue weighted by Gasteiger charge is -2.29. The smallest absolute Gasteiger partial charge is 0.265 e. The van der Waals surface area contributed by atoms with Crippen LogP contribution in [0.2, 0.25) is 0 Å². The van der Waals surface area contributed by atoms with Crippen molar-refractivity contribution in [1.29, 1.82) is 0 Å². The molecule has 19 heavy (non-hydrogen) atoms. The van der Waals surface area contributed by atoms with Crippen molar-refractivity contribution in [2.75, 3.05) is 23.7 Å². The van der Waals surface area contributed by atoms with Crippen LogP contribution in [0.4, 0.5) is 10.9 Å². The fraction of sp³-hybridized carbons (Fsp3) is 0.667. The van der Waals surface area contributed by atoms with Crippen LogP contribution in [-0.4, -0.2) is 36.1 Å². The second-order valence-electron chi connectivity index (χ2n) is 5.28. The number of aromatic nitrogens is 1. The van der Waals surface area contributed by atoms with Gasteiger partial charge in [-0.25, -0.2) is 4.98 Å². The Kier molecular flexibility index (Phi) is 3.32. The average Bonchev–Trinajstić information content (AvgIpc) is 3.11. The minimum Gasteiger partial charge on any atom is -0.382 e. The van der Waals surface area contributed by atoms with E-state index in [1.54, 1.807) is 0 Å². The van der Waals surface area contributed by atoms with Crippen LogP contribution in [0.5, 0.6) is 0 Å². The first-order chi connectivity index (χ1) is 9.13. The highest BCUT2D eigenvalue weighted by Crippen LogP contribution is 2.30. The van der Waals surface area contributed by atoms with Crippen molar-refractivity contribution >= 4 is 28.2 Å². The quantitative estimate of drug-likeness (QED) is 0.751. The van der Waals surface area contributed by atoms with Crippen molar-refractivity contribution in [3.05, 3.63) is 4.88 Å². The topological polar surface area (TPSA) is 97.3 Å². The summed E-state index contributed by atoms with van der Waals surface area (Å²) >= 11 is 1.38. The van der Waals surface area contributed by atoms with Crippen LogP contribution in [0.1, 0.15) is 35.4 Å². The van der Waals surface area contributed by atoms with Crippen molar-refractivity contribution in [3.8, 4) is 0 Å². The minimum absolute atomic E-state index is 0.0857. The highest BCUT2D eigenvalue weighted by Gasteiger charge is 2.27. The Hall–Kier alpha value is -1.34. The van der Waals surface area contributed by atoms with Gasteiger partial charge < -0.3 is 21.7 Å². The second-order valence-corrected chi connectivity index (χ2v) is 6.26. The first kappa shape index (κ1) is 12.7. The molecule has 6 nitrogen and oxygen atoms in total. The highest BCUT2D eigenvalue weighted by atomic mass is 32.1. The normalized spacial score (nSPS) is 20.6. The molecule has 1 aromatic rings. The van der Waals surface area contributed by atoms with E-state index in [0.717, 1.165) is 43.9 Å². The van der Waals surface area contributed by atoms with Crippen LogP contribution in [-0.2, 0) is 0 Å². The number of nitrogens with one attached hydrogen (secondary N) is 1. The van der Waals surface area contributed by atoms with Gasteiger partial charge in [-0.1, -0.05) is 11.3 Å². The molecule has 0 spiro atoms. The minimum atomic E-state index is -0.0857. The summed E-state index contributed by atoms with van der Waals surface area (Å²) in [4.78, 5) is 19.0.